The number of rotatable bonds is 2. The number of aryl methyl sites for hydroxylation is 1. The van der Waals surface area contributed by atoms with Crippen LogP contribution in [0.2, 0.25) is 0 Å². The molecule has 0 amide bonds. The summed E-state index contributed by atoms with van der Waals surface area (Å²) in [5.41, 5.74) is 8.80. The number of aromatic nitrogens is 1. The van der Waals surface area contributed by atoms with E-state index in [4.69, 9.17) is 5.73 Å². The van der Waals surface area contributed by atoms with E-state index in [9.17, 15) is 4.39 Å². The molecule has 4 heteroatoms. The maximum atomic E-state index is 13.1. The Morgan fingerprint density at radius 2 is 1.94 bits per heavy atom. The van der Waals surface area contributed by atoms with Gasteiger partial charge in [-0.1, -0.05) is 22.0 Å². The summed E-state index contributed by atoms with van der Waals surface area (Å²) in [6, 6.07) is 6.96. The maximum Gasteiger partial charge on any atom is 0.141 e. The van der Waals surface area contributed by atoms with Crippen molar-refractivity contribution in [2.75, 3.05) is 0 Å². The molecule has 17 heavy (non-hydrogen) atoms. The smallest absolute Gasteiger partial charge is 0.141 e. The van der Waals surface area contributed by atoms with Crippen LogP contribution in [0.15, 0.2) is 41.1 Å². The van der Waals surface area contributed by atoms with Crippen LogP contribution in [0, 0.1) is 12.7 Å². The summed E-state index contributed by atoms with van der Waals surface area (Å²) in [6.07, 6.45) is 2.76. The van der Waals surface area contributed by atoms with E-state index in [-0.39, 0.29) is 11.9 Å². The van der Waals surface area contributed by atoms with E-state index >= 15 is 0 Å². The molecule has 0 spiro atoms. The van der Waals surface area contributed by atoms with Crippen LogP contribution in [0.3, 0.4) is 0 Å². The van der Waals surface area contributed by atoms with Gasteiger partial charge in [0.25, 0.3) is 0 Å². The quantitative estimate of drug-likeness (QED) is 0.923. The minimum absolute atomic E-state index is 0.366. The average Bonchev–Trinajstić information content (AvgIpc) is 2.26. The fourth-order valence-corrected chi connectivity index (χ4v) is 2.36. The number of nitrogens with two attached hydrogens (primary N) is 1. The largest absolute Gasteiger partial charge is 0.320 e. The van der Waals surface area contributed by atoms with Gasteiger partial charge in [-0.3, -0.25) is 4.98 Å². The second-order valence-corrected chi connectivity index (χ2v) is 4.89. The first-order valence-corrected chi connectivity index (χ1v) is 5.98. The van der Waals surface area contributed by atoms with Crippen LogP contribution in [0.25, 0.3) is 0 Å². The molecule has 2 N–H and O–H groups in total. The lowest BCUT2D eigenvalue weighted by molar-refractivity contribution is 0.616. The minimum atomic E-state index is -0.371. The van der Waals surface area contributed by atoms with Crippen LogP contribution in [0.1, 0.15) is 22.7 Å². The molecular formula is C13H12BrFN2. The Bertz CT molecular complexity index is 522. The molecule has 0 aliphatic rings. The molecule has 2 nitrogen and oxygen atoms in total. The zero-order chi connectivity index (χ0) is 12.4. The highest BCUT2D eigenvalue weighted by Gasteiger charge is 2.11. The van der Waals surface area contributed by atoms with Crippen LogP contribution < -0.4 is 5.73 Å². The normalized spacial score (nSPS) is 12.5. The zero-order valence-electron chi connectivity index (χ0n) is 9.32. The SMILES string of the molecule is Cc1cc(Br)cc(C(N)c2cncc(F)c2)c1. The molecule has 1 heterocycles. The van der Waals surface area contributed by atoms with Crippen molar-refractivity contribution in [3.63, 3.8) is 0 Å². The third kappa shape index (κ3) is 2.90. The van der Waals surface area contributed by atoms with Crippen LogP contribution in [-0.2, 0) is 0 Å². The zero-order valence-corrected chi connectivity index (χ0v) is 10.9. The second kappa shape index (κ2) is 4.94. The highest BCUT2D eigenvalue weighted by molar-refractivity contribution is 9.10. The van der Waals surface area contributed by atoms with Crippen molar-refractivity contribution < 1.29 is 4.39 Å². The summed E-state index contributed by atoms with van der Waals surface area (Å²) in [4.78, 5) is 3.81. The van der Waals surface area contributed by atoms with Crippen LogP contribution in [0.4, 0.5) is 4.39 Å². The third-order valence-corrected chi connectivity index (χ3v) is 2.97. The fraction of sp³-hybridized carbons (Fsp3) is 0.154. The number of hydrogen-bond acceptors (Lipinski definition) is 2. The number of nitrogens with zero attached hydrogens (tertiary/aromatic N) is 1. The van der Waals surface area contributed by atoms with E-state index in [0.717, 1.165) is 15.6 Å². The van der Waals surface area contributed by atoms with Gasteiger partial charge in [0.1, 0.15) is 5.82 Å². The molecule has 0 saturated carbocycles. The summed E-state index contributed by atoms with van der Waals surface area (Å²) in [5.74, 6) is -0.371. The first-order chi connectivity index (χ1) is 8.06. The van der Waals surface area contributed by atoms with Crippen molar-refractivity contribution in [1.29, 1.82) is 0 Å². The standard InChI is InChI=1S/C13H12BrFN2/c1-8-2-9(4-11(14)3-8)13(16)10-5-12(15)7-17-6-10/h2-7,13H,16H2,1H3. The van der Waals surface area contributed by atoms with Crippen molar-refractivity contribution in [2.24, 2.45) is 5.73 Å². The Morgan fingerprint density at radius 1 is 1.18 bits per heavy atom. The van der Waals surface area contributed by atoms with Crippen LogP contribution in [0.5, 0.6) is 0 Å². The first-order valence-electron chi connectivity index (χ1n) is 5.19. The Labute approximate surface area is 108 Å². The molecule has 2 rings (SSSR count). The molecule has 0 radical (unpaired) electrons. The molecule has 1 unspecified atom stereocenters. The number of halogens is 2. The number of benzene rings is 1. The van der Waals surface area contributed by atoms with E-state index in [0.29, 0.717) is 5.56 Å². The van der Waals surface area contributed by atoms with Gasteiger partial charge in [-0.15, -0.1) is 0 Å². The molecule has 1 aromatic carbocycles. The van der Waals surface area contributed by atoms with Gasteiger partial charge in [-0.05, 0) is 41.8 Å². The van der Waals surface area contributed by atoms with Gasteiger partial charge in [0.15, 0.2) is 0 Å². The molecule has 1 aromatic heterocycles. The number of pyridine rings is 1. The summed E-state index contributed by atoms with van der Waals surface area (Å²) in [5, 5.41) is 0. The Balaban J connectivity index is 2.39. The molecule has 2 aromatic rings. The highest BCUT2D eigenvalue weighted by Crippen LogP contribution is 2.24. The Morgan fingerprint density at radius 3 is 2.59 bits per heavy atom. The van der Waals surface area contributed by atoms with Crippen molar-refractivity contribution in [3.8, 4) is 0 Å². The second-order valence-electron chi connectivity index (χ2n) is 3.98. The Kier molecular flexibility index (Phi) is 3.54. The first kappa shape index (κ1) is 12.2. The molecule has 1 atom stereocenters. The van der Waals surface area contributed by atoms with Gasteiger partial charge < -0.3 is 5.73 Å². The van der Waals surface area contributed by atoms with Gasteiger partial charge in [-0.25, -0.2) is 4.39 Å². The van der Waals surface area contributed by atoms with Crippen LogP contribution >= 0.6 is 15.9 Å². The molecule has 0 aliphatic heterocycles. The molecule has 0 fully saturated rings. The van der Waals surface area contributed by atoms with Gasteiger partial charge in [0.2, 0.25) is 0 Å². The minimum Gasteiger partial charge on any atom is -0.320 e. The average molecular weight is 295 g/mol. The third-order valence-electron chi connectivity index (χ3n) is 2.51. The highest BCUT2D eigenvalue weighted by atomic mass is 79.9. The van der Waals surface area contributed by atoms with Crippen molar-refractivity contribution in [3.05, 3.63) is 63.6 Å². The predicted molar refractivity (Wildman–Crippen MR) is 69.1 cm³/mol. The Hall–Kier alpha value is -1.26. The monoisotopic (exact) mass is 294 g/mol. The van der Waals surface area contributed by atoms with E-state index in [1.165, 1.54) is 12.3 Å². The van der Waals surface area contributed by atoms with Gasteiger partial charge in [0.05, 0.1) is 12.2 Å². The molecular weight excluding hydrogens is 283 g/mol. The summed E-state index contributed by atoms with van der Waals surface area (Å²) in [6.45, 7) is 1.99. The summed E-state index contributed by atoms with van der Waals surface area (Å²) < 4.78 is 14.0. The van der Waals surface area contributed by atoms with Gasteiger partial charge in [0, 0.05) is 10.7 Å². The van der Waals surface area contributed by atoms with Crippen LogP contribution in [-0.4, -0.2) is 4.98 Å². The lowest BCUT2D eigenvalue weighted by Gasteiger charge is -2.13. The van der Waals surface area contributed by atoms with Gasteiger partial charge >= 0.3 is 0 Å². The van der Waals surface area contributed by atoms with E-state index < -0.39 is 0 Å². The lowest BCUT2D eigenvalue weighted by atomic mass is 9.99. The summed E-state index contributed by atoms with van der Waals surface area (Å²) in [7, 11) is 0. The van der Waals surface area contributed by atoms with Crippen molar-refractivity contribution >= 4 is 15.9 Å². The van der Waals surface area contributed by atoms with Crippen molar-refractivity contribution in [1.82, 2.24) is 4.98 Å². The van der Waals surface area contributed by atoms with E-state index in [1.54, 1.807) is 6.20 Å². The van der Waals surface area contributed by atoms with E-state index in [1.807, 2.05) is 25.1 Å². The number of hydrogen-bond donors (Lipinski definition) is 1. The molecule has 0 bridgehead atoms. The predicted octanol–water partition coefficient (Wildman–Crippen LogP) is 3.34. The molecule has 0 saturated heterocycles. The molecule has 88 valence electrons. The van der Waals surface area contributed by atoms with E-state index in [2.05, 4.69) is 20.9 Å². The lowest BCUT2D eigenvalue weighted by Crippen LogP contribution is -2.12. The fourth-order valence-electron chi connectivity index (χ4n) is 1.73. The molecule has 0 aliphatic carbocycles. The van der Waals surface area contributed by atoms with Gasteiger partial charge in [-0.2, -0.15) is 0 Å². The topological polar surface area (TPSA) is 38.9 Å². The summed E-state index contributed by atoms with van der Waals surface area (Å²) >= 11 is 3.42. The maximum absolute atomic E-state index is 13.1. The van der Waals surface area contributed by atoms with Crippen molar-refractivity contribution in [2.45, 2.75) is 13.0 Å².